The van der Waals surface area contributed by atoms with E-state index in [0.29, 0.717) is 17.0 Å². The molecular formula is C26H26F4N6O5S. The summed E-state index contributed by atoms with van der Waals surface area (Å²) in [6.07, 6.45) is -1.25. The van der Waals surface area contributed by atoms with Crippen molar-refractivity contribution < 1.29 is 40.6 Å². The van der Waals surface area contributed by atoms with Crippen molar-refractivity contribution in [1.29, 1.82) is 0 Å². The Labute approximate surface area is 237 Å². The van der Waals surface area contributed by atoms with Crippen molar-refractivity contribution in [3.8, 4) is 28.6 Å². The van der Waals surface area contributed by atoms with Gasteiger partial charge in [-0.25, -0.2) is 27.7 Å². The number of methoxy groups -OCH3 is 1. The van der Waals surface area contributed by atoms with Crippen molar-refractivity contribution in [3.05, 3.63) is 48.0 Å². The molecule has 0 bridgehead atoms. The van der Waals surface area contributed by atoms with E-state index in [0.717, 1.165) is 6.21 Å². The molecule has 0 radical (unpaired) electrons. The maximum Gasteiger partial charge on any atom is 0.490 e. The number of carbonyl (C=O) groups is 1. The van der Waals surface area contributed by atoms with Gasteiger partial charge in [0.2, 0.25) is 0 Å². The molecule has 42 heavy (non-hydrogen) atoms. The van der Waals surface area contributed by atoms with Crippen LogP contribution in [-0.4, -0.2) is 68.1 Å². The van der Waals surface area contributed by atoms with Crippen LogP contribution in [0.4, 0.5) is 17.6 Å². The zero-order chi connectivity index (χ0) is 30.6. The van der Waals surface area contributed by atoms with Gasteiger partial charge in [-0.05, 0) is 38.0 Å². The van der Waals surface area contributed by atoms with Gasteiger partial charge in [0.05, 0.1) is 40.5 Å². The molecule has 1 saturated carbocycles. The molecular weight excluding hydrogens is 584 g/mol. The van der Waals surface area contributed by atoms with Gasteiger partial charge in [-0.15, -0.1) is 0 Å². The minimum atomic E-state index is -5.32. The van der Waals surface area contributed by atoms with E-state index in [2.05, 4.69) is 24.5 Å². The fourth-order valence-corrected chi connectivity index (χ4v) is 8.48. The smallest absolute Gasteiger partial charge is 0.490 e. The van der Waals surface area contributed by atoms with Gasteiger partial charge in [-0.2, -0.15) is 13.2 Å². The molecule has 0 amide bonds. The van der Waals surface area contributed by atoms with Gasteiger partial charge in [-0.1, -0.05) is 5.16 Å². The normalized spacial score (nSPS) is 29.0. The molecule has 2 aliphatic rings. The Morgan fingerprint density at radius 1 is 1.19 bits per heavy atom. The third-order valence-electron chi connectivity index (χ3n) is 7.65. The molecule has 3 heterocycles. The second-order valence-corrected chi connectivity index (χ2v) is 12.9. The molecule has 2 unspecified atom stereocenters. The summed E-state index contributed by atoms with van der Waals surface area (Å²) in [5.41, 5.74) is 3.22. The number of rotatable bonds is 5. The molecule has 1 aliphatic carbocycles. The van der Waals surface area contributed by atoms with E-state index in [1.807, 2.05) is 0 Å². The first-order valence-electron chi connectivity index (χ1n) is 12.6. The van der Waals surface area contributed by atoms with Crippen LogP contribution in [0.15, 0.2) is 50.5 Å². The Hall–Kier alpha value is -3.92. The van der Waals surface area contributed by atoms with E-state index < -0.39 is 49.5 Å². The Morgan fingerprint density at radius 2 is 1.90 bits per heavy atom. The lowest BCUT2D eigenvalue weighted by molar-refractivity contribution is -0.214. The second-order valence-electron chi connectivity index (χ2n) is 10.2. The number of benzene rings is 1. The highest BCUT2D eigenvalue weighted by atomic mass is 32.2. The van der Waals surface area contributed by atoms with Crippen molar-refractivity contribution in [1.82, 2.24) is 15.1 Å². The van der Waals surface area contributed by atoms with Crippen molar-refractivity contribution >= 4 is 21.9 Å². The van der Waals surface area contributed by atoms with Crippen LogP contribution < -0.4 is 10.5 Å². The minimum Gasteiger partial charge on any atom is -0.494 e. The highest BCUT2D eigenvalue weighted by Gasteiger charge is 2.65. The summed E-state index contributed by atoms with van der Waals surface area (Å²) in [7, 11) is -0.866. The summed E-state index contributed by atoms with van der Waals surface area (Å²) in [5.74, 6) is -2.62. The zero-order valence-electron chi connectivity index (χ0n) is 22.6. The number of ether oxygens (including phenoxy) is 2. The fraction of sp³-hybridized carbons (Fsp3) is 0.423. The number of aromatic nitrogens is 3. The lowest BCUT2D eigenvalue weighted by atomic mass is 9.90. The van der Waals surface area contributed by atoms with Gasteiger partial charge in [0.1, 0.15) is 10.6 Å². The molecule has 5 rings (SSSR count). The SMILES string of the molecule is CN=[S@@]1(=O)C[C@@](C)(c2cc(-c3cc(-c4ncc(OC)cn4)no3)ccc2F)N=CC12CCCC2(N)OC(=O)C(F)(F)F. The van der Waals surface area contributed by atoms with E-state index >= 15 is 4.39 Å². The second kappa shape index (κ2) is 10.1. The Morgan fingerprint density at radius 3 is 2.55 bits per heavy atom. The molecule has 2 aromatic heterocycles. The van der Waals surface area contributed by atoms with Crippen molar-refractivity contribution in [2.75, 3.05) is 19.9 Å². The summed E-state index contributed by atoms with van der Waals surface area (Å²) in [4.78, 5) is 24.6. The molecule has 3 aromatic rings. The standard InChI is InChI=1S/C26H26F4N6O5S/c1-23(14-42(38,32-2)24(13-35-23)7-4-8-25(24,31)40-22(37)26(28,29)30)17-9-15(5-6-18(17)27)20-10-19(36-41-20)21-33-11-16(39-3)12-34-21/h5-6,9-13H,4,7-8,14,31H2,1-3H3/t23-,24?,25?,42+/m0/s1. The Balaban J connectivity index is 1.53. The lowest BCUT2D eigenvalue weighted by Crippen LogP contribution is -2.67. The zero-order valence-corrected chi connectivity index (χ0v) is 23.5. The molecule has 2 N–H and O–H groups in total. The lowest BCUT2D eigenvalue weighted by Gasteiger charge is -2.46. The fourth-order valence-electron chi connectivity index (χ4n) is 5.41. The summed E-state index contributed by atoms with van der Waals surface area (Å²) in [5, 5.41) is 3.98. The quantitative estimate of drug-likeness (QED) is 0.256. The molecule has 0 saturated heterocycles. The monoisotopic (exact) mass is 610 g/mol. The molecule has 1 aromatic carbocycles. The predicted molar refractivity (Wildman–Crippen MR) is 142 cm³/mol. The van der Waals surface area contributed by atoms with Crippen molar-refractivity contribution in [2.24, 2.45) is 15.1 Å². The van der Waals surface area contributed by atoms with E-state index in [1.165, 1.54) is 51.7 Å². The van der Waals surface area contributed by atoms with E-state index in [1.54, 1.807) is 6.07 Å². The third-order valence-corrected chi connectivity index (χ3v) is 11.0. The number of hydrogen-bond acceptors (Lipinski definition) is 11. The van der Waals surface area contributed by atoms with Gasteiger partial charge in [0, 0.05) is 36.9 Å². The maximum atomic E-state index is 15.3. The number of halogens is 4. The average Bonchev–Trinajstić information content (AvgIpc) is 3.57. The molecule has 11 nitrogen and oxygen atoms in total. The summed E-state index contributed by atoms with van der Waals surface area (Å²) < 4.78 is 86.5. The van der Waals surface area contributed by atoms with Gasteiger partial charge in [-0.3, -0.25) is 10.7 Å². The third kappa shape index (κ3) is 4.71. The van der Waals surface area contributed by atoms with Gasteiger partial charge in [0.25, 0.3) is 0 Å². The first kappa shape index (κ1) is 29.6. The van der Waals surface area contributed by atoms with E-state index in [9.17, 15) is 22.2 Å². The first-order chi connectivity index (χ1) is 19.7. The van der Waals surface area contributed by atoms with Crippen LogP contribution in [0.25, 0.3) is 22.8 Å². The van der Waals surface area contributed by atoms with Gasteiger partial charge < -0.3 is 14.0 Å². The molecule has 1 spiro atoms. The van der Waals surface area contributed by atoms with Gasteiger partial charge >= 0.3 is 12.1 Å². The summed E-state index contributed by atoms with van der Waals surface area (Å²) in [6, 6.07) is 5.64. The maximum absolute atomic E-state index is 15.3. The van der Waals surface area contributed by atoms with Gasteiger partial charge in [0.15, 0.2) is 28.8 Å². The number of nitrogens with two attached hydrogens (primary N) is 1. The van der Waals surface area contributed by atoms with Crippen LogP contribution >= 0.6 is 0 Å². The molecule has 16 heteroatoms. The Bertz CT molecular complexity index is 1690. The van der Waals surface area contributed by atoms with Crippen LogP contribution in [0.2, 0.25) is 0 Å². The summed E-state index contributed by atoms with van der Waals surface area (Å²) >= 11 is 0. The van der Waals surface area contributed by atoms with Crippen molar-refractivity contribution in [2.45, 2.75) is 48.4 Å². The number of nitrogens with zero attached hydrogens (tertiary/aromatic N) is 5. The van der Waals surface area contributed by atoms with Crippen molar-refractivity contribution in [3.63, 3.8) is 0 Å². The summed E-state index contributed by atoms with van der Waals surface area (Å²) in [6.45, 7) is 1.52. The molecule has 224 valence electrons. The number of hydrogen-bond donors (Lipinski definition) is 1. The van der Waals surface area contributed by atoms with Crippen LogP contribution in [0.1, 0.15) is 31.7 Å². The first-order valence-corrected chi connectivity index (χ1v) is 14.3. The number of aliphatic imine (C=N–C) groups is 1. The van der Waals surface area contributed by atoms with Crippen LogP contribution in [0.5, 0.6) is 5.75 Å². The highest BCUT2D eigenvalue weighted by molar-refractivity contribution is 7.95. The highest BCUT2D eigenvalue weighted by Crippen LogP contribution is 2.50. The largest absolute Gasteiger partial charge is 0.494 e. The molecule has 1 fully saturated rings. The minimum absolute atomic E-state index is 0.00118. The molecule has 1 aliphatic heterocycles. The molecule has 4 atom stereocenters. The number of esters is 1. The predicted octanol–water partition coefficient (Wildman–Crippen LogP) is 4.03. The van der Waals surface area contributed by atoms with E-state index in [-0.39, 0.29) is 36.4 Å². The topological polar surface area (TPSA) is 155 Å². The van der Waals surface area contributed by atoms with E-state index in [4.69, 9.17) is 19.7 Å². The number of carbonyl (C=O) groups excluding carboxylic acids is 1. The average molecular weight is 611 g/mol. The number of alkyl halides is 3. The van der Waals surface area contributed by atoms with Crippen LogP contribution in [0.3, 0.4) is 0 Å². The van der Waals surface area contributed by atoms with Crippen LogP contribution in [0, 0.1) is 5.82 Å². The van der Waals surface area contributed by atoms with Crippen LogP contribution in [-0.2, 0) is 24.8 Å². The Kier molecular flexibility index (Phi) is 7.12.